The minimum absolute atomic E-state index is 0.166. The number of hydrogen-bond acceptors (Lipinski definition) is 4. The molecule has 0 spiro atoms. The summed E-state index contributed by atoms with van der Waals surface area (Å²) < 4.78 is 13.3. The summed E-state index contributed by atoms with van der Waals surface area (Å²) in [5, 5.41) is 6.96. The van der Waals surface area contributed by atoms with Crippen molar-refractivity contribution in [3.05, 3.63) is 71.9 Å². The monoisotopic (exact) mass is 379 g/mol. The molecule has 1 saturated heterocycles. The molecule has 0 unspecified atom stereocenters. The van der Waals surface area contributed by atoms with Gasteiger partial charge < -0.3 is 9.80 Å². The predicted octanol–water partition coefficient (Wildman–Crippen LogP) is 2.21. The standard InChI is InChI=1S/C20H18FN5O2/c21-16-5-1-3-14(11-16)19(27)25-7-9-26(10-8-25)20(28)18-12-17(23-24-18)15-4-2-6-22-13-15/h1-6,11-13H,7-10H2,(H,23,24). The normalized spacial score (nSPS) is 14.2. The SMILES string of the molecule is O=C(c1cccc(F)c1)N1CCN(C(=O)c2cc(-c3cccnc3)n[nH]2)CC1. The molecule has 1 aromatic carbocycles. The number of nitrogens with zero attached hydrogens (tertiary/aromatic N) is 4. The molecule has 1 fully saturated rings. The van der Waals surface area contributed by atoms with Gasteiger partial charge in [0.25, 0.3) is 11.8 Å². The third-order valence-electron chi connectivity index (χ3n) is 4.69. The van der Waals surface area contributed by atoms with E-state index in [0.29, 0.717) is 43.1 Å². The number of carbonyl (C=O) groups is 2. The van der Waals surface area contributed by atoms with Crippen LogP contribution in [0, 0.1) is 5.82 Å². The van der Waals surface area contributed by atoms with Crippen molar-refractivity contribution in [3.8, 4) is 11.3 Å². The summed E-state index contributed by atoms with van der Waals surface area (Å²) in [7, 11) is 0. The molecule has 7 nitrogen and oxygen atoms in total. The van der Waals surface area contributed by atoms with Crippen molar-refractivity contribution in [2.75, 3.05) is 26.2 Å². The molecule has 0 atom stereocenters. The van der Waals surface area contributed by atoms with E-state index in [1.54, 1.807) is 40.4 Å². The third kappa shape index (κ3) is 3.62. The van der Waals surface area contributed by atoms with Crippen molar-refractivity contribution in [3.63, 3.8) is 0 Å². The number of hydrogen-bond donors (Lipinski definition) is 1. The van der Waals surface area contributed by atoms with Crippen LogP contribution in [0.4, 0.5) is 4.39 Å². The second kappa shape index (κ2) is 7.59. The highest BCUT2D eigenvalue weighted by Gasteiger charge is 2.26. The Morgan fingerprint density at radius 1 is 0.964 bits per heavy atom. The Bertz CT molecular complexity index is 997. The van der Waals surface area contributed by atoms with Gasteiger partial charge in [0.15, 0.2) is 0 Å². The van der Waals surface area contributed by atoms with Crippen LogP contribution in [-0.2, 0) is 0 Å². The number of halogens is 1. The first-order valence-electron chi connectivity index (χ1n) is 8.92. The average molecular weight is 379 g/mol. The molecule has 0 bridgehead atoms. The number of H-pyrrole nitrogens is 1. The van der Waals surface area contributed by atoms with Gasteiger partial charge in [-0.05, 0) is 36.4 Å². The molecular formula is C20H18FN5O2. The molecule has 8 heteroatoms. The first-order chi connectivity index (χ1) is 13.6. The van der Waals surface area contributed by atoms with E-state index in [4.69, 9.17) is 0 Å². The number of aromatic amines is 1. The fourth-order valence-corrected chi connectivity index (χ4v) is 3.18. The highest BCUT2D eigenvalue weighted by molar-refractivity contribution is 5.95. The second-order valence-corrected chi connectivity index (χ2v) is 6.50. The van der Waals surface area contributed by atoms with Crippen molar-refractivity contribution in [2.45, 2.75) is 0 Å². The van der Waals surface area contributed by atoms with E-state index in [2.05, 4.69) is 15.2 Å². The van der Waals surface area contributed by atoms with E-state index in [1.165, 1.54) is 18.2 Å². The second-order valence-electron chi connectivity index (χ2n) is 6.50. The van der Waals surface area contributed by atoms with Gasteiger partial charge in [0.05, 0.1) is 5.69 Å². The first kappa shape index (κ1) is 17.8. The van der Waals surface area contributed by atoms with Gasteiger partial charge in [-0.2, -0.15) is 5.10 Å². The van der Waals surface area contributed by atoms with Gasteiger partial charge in [-0.25, -0.2) is 4.39 Å². The molecule has 1 aliphatic rings. The summed E-state index contributed by atoms with van der Waals surface area (Å²) in [6.07, 6.45) is 3.36. The van der Waals surface area contributed by atoms with Crippen molar-refractivity contribution >= 4 is 11.8 Å². The van der Waals surface area contributed by atoms with Crippen molar-refractivity contribution < 1.29 is 14.0 Å². The molecule has 2 aromatic heterocycles. The molecule has 28 heavy (non-hydrogen) atoms. The van der Waals surface area contributed by atoms with Crippen LogP contribution in [0.5, 0.6) is 0 Å². The highest BCUT2D eigenvalue weighted by Crippen LogP contribution is 2.18. The number of pyridine rings is 1. The molecule has 3 heterocycles. The molecule has 1 aliphatic heterocycles. The Hall–Kier alpha value is -3.55. The number of piperazine rings is 1. The van der Waals surface area contributed by atoms with E-state index in [0.717, 1.165) is 5.56 Å². The van der Waals surface area contributed by atoms with Crippen molar-refractivity contribution in [1.29, 1.82) is 0 Å². The summed E-state index contributed by atoms with van der Waals surface area (Å²) in [4.78, 5) is 32.6. The predicted molar refractivity (Wildman–Crippen MR) is 100 cm³/mol. The van der Waals surface area contributed by atoms with Gasteiger partial charge in [-0.3, -0.25) is 19.7 Å². The number of amides is 2. The molecule has 0 saturated carbocycles. The topological polar surface area (TPSA) is 82.2 Å². The smallest absolute Gasteiger partial charge is 0.272 e. The minimum Gasteiger partial charge on any atom is -0.335 e. The van der Waals surface area contributed by atoms with Gasteiger partial charge in [0.1, 0.15) is 11.5 Å². The quantitative estimate of drug-likeness (QED) is 0.756. The number of carbonyl (C=O) groups excluding carboxylic acids is 2. The van der Waals surface area contributed by atoms with Gasteiger partial charge >= 0.3 is 0 Å². The lowest BCUT2D eigenvalue weighted by Gasteiger charge is -2.34. The third-order valence-corrected chi connectivity index (χ3v) is 4.69. The zero-order chi connectivity index (χ0) is 19.5. The largest absolute Gasteiger partial charge is 0.335 e. The Balaban J connectivity index is 1.39. The summed E-state index contributed by atoms with van der Waals surface area (Å²) in [5.74, 6) is -0.837. The van der Waals surface area contributed by atoms with Crippen LogP contribution >= 0.6 is 0 Å². The number of rotatable bonds is 3. The Kier molecular flexibility index (Phi) is 4.84. The van der Waals surface area contributed by atoms with Crippen LogP contribution in [0.2, 0.25) is 0 Å². The van der Waals surface area contributed by atoms with Crippen LogP contribution in [0.1, 0.15) is 20.8 Å². The maximum Gasteiger partial charge on any atom is 0.272 e. The van der Waals surface area contributed by atoms with Crippen molar-refractivity contribution in [1.82, 2.24) is 25.0 Å². The summed E-state index contributed by atoms with van der Waals surface area (Å²) in [6, 6.07) is 11.0. The summed E-state index contributed by atoms with van der Waals surface area (Å²) >= 11 is 0. The minimum atomic E-state index is -0.441. The van der Waals surface area contributed by atoms with Gasteiger partial charge in [-0.15, -0.1) is 0 Å². The highest BCUT2D eigenvalue weighted by atomic mass is 19.1. The van der Waals surface area contributed by atoms with Crippen LogP contribution < -0.4 is 0 Å². The molecule has 0 aliphatic carbocycles. The van der Waals surface area contributed by atoms with Gasteiger partial charge in [0, 0.05) is 49.7 Å². The molecule has 4 rings (SSSR count). The zero-order valence-electron chi connectivity index (χ0n) is 15.0. The van der Waals surface area contributed by atoms with E-state index in [9.17, 15) is 14.0 Å². The van der Waals surface area contributed by atoms with Gasteiger partial charge in [0.2, 0.25) is 0 Å². The van der Waals surface area contributed by atoms with Crippen LogP contribution in [0.15, 0.2) is 54.9 Å². The summed E-state index contributed by atoms with van der Waals surface area (Å²) in [5.41, 5.74) is 2.18. The van der Waals surface area contributed by atoms with E-state index in [-0.39, 0.29) is 11.8 Å². The number of benzene rings is 1. The van der Waals surface area contributed by atoms with Crippen LogP contribution in [0.3, 0.4) is 0 Å². The molecular weight excluding hydrogens is 361 g/mol. The Morgan fingerprint density at radius 2 is 1.71 bits per heavy atom. The first-order valence-corrected chi connectivity index (χ1v) is 8.92. The summed E-state index contributed by atoms with van der Waals surface area (Å²) in [6.45, 7) is 1.59. The Morgan fingerprint density at radius 3 is 2.39 bits per heavy atom. The molecule has 142 valence electrons. The lowest BCUT2D eigenvalue weighted by molar-refractivity contribution is 0.0532. The number of nitrogens with one attached hydrogen (secondary N) is 1. The lowest BCUT2D eigenvalue weighted by Crippen LogP contribution is -2.50. The van der Waals surface area contributed by atoms with Crippen molar-refractivity contribution in [2.24, 2.45) is 0 Å². The van der Waals surface area contributed by atoms with Gasteiger partial charge in [-0.1, -0.05) is 6.07 Å². The lowest BCUT2D eigenvalue weighted by atomic mass is 10.1. The number of aromatic nitrogens is 3. The van der Waals surface area contributed by atoms with Crippen LogP contribution in [-0.4, -0.2) is 63.0 Å². The van der Waals surface area contributed by atoms with E-state index in [1.807, 2.05) is 6.07 Å². The fraction of sp³-hybridized carbons (Fsp3) is 0.200. The molecule has 2 amide bonds. The van der Waals surface area contributed by atoms with Crippen LogP contribution in [0.25, 0.3) is 11.3 Å². The Labute approximate surface area is 160 Å². The zero-order valence-corrected chi connectivity index (χ0v) is 15.0. The average Bonchev–Trinajstić information content (AvgIpc) is 3.24. The maximum atomic E-state index is 13.3. The molecule has 0 radical (unpaired) electrons. The maximum absolute atomic E-state index is 13.3. The van der Waals surface area contributed by atoms with E-state index < -0.39 is 5.82 Å². The van der Waals surface area contributed by atoms with E-state index >= 15 is 0 Å². The molecule has 3 aromatic rings. The molecule has 1 N–H and O–H groups in total. The fourth-order valence-electron chi connectivity index (χ4n) is 3.18.